The Hall–Kier alpha value is 1.98. The normalized spacial score (nSPS) is 9.18. The number of amides is 1. The van der Waals surface area contributed by atoms with E-state index in [0.29, 0.717) is 24.2 Å². The minimum absolute atomic E-state index is 0. The molecule has 0 aliphatic heterocycles. The third kappa shape index (κ3) is 27.3. The van der Waals surface area contributed by atoms with Gasteiger partial charge in [-0.05, 0) is 0 Å². The van der Waals surface area contributed by atoms with Gasteiger partial charge in [0, 0.05) is 6.54 Å². The van der Waals surface area contributed by atoms with Gasteiger partial charge in [-0.2, -0.15) is 0 Å². The number of aliphatic imine (C=N–C) groups is 1. The Balaban J connectivity index is -0.000000120. The van der Waals surface area contributed by atoms with Gasteiger partial charge in [0.05, 0.1) is 33.9 Å². The van der Waals surface area contributed by atoms with E-state index in [9.17, 15) is 4.79 Å². The van der Waals surface area contributed by atoms with Crippen LogP contribution in [0, 0.1) is 0 Å². The van der Waals surface area contributed by atoms with Gasteiger partial charge in [-0.15, -0.1) is 71.9 Å². The van der Waals surface area contributed by atoms with Gasteiger partial charge in [-0.3, -0.25) is 9.79 Å². The van der Waals surface area contributed by atoms with Crippen molar-refractivity contribution in [3.05, 3.63) is 0 Å². The Labute approximate surface area is 172 Å². The van der Waals surface area contributed by atoms with Crippen molar-refractivity contribution >= 4 is 84.1 Å². The molecule has 108 valence electrons. The molecule has 0 heterocycles. The zero-order chi connectivity index (χ0) is 10.3. The van der Waals surface area contributed by atoms with Crippen molar-refractivity contribution in [1.29, 1.82) is 0 Å². The molecule has 0 aromatic carbocycles. The number of quaternary nitrogens is 1. The number of carbonyl (C=O) groups excluding carboxylic acids is 1. The summed E-state index contributed by atoms with van der Waals surface area (Å²) >= 11 is 0. The molecule has 0 radical (unpaired) electrons. The van der Waals surface area contributed by atoms with Crippen molar-refractivity contribution in [2.75, 3.05) is 40.9 Å². The van der Waals surface area contributed by atoms with E-state index >= 15 is 0 Å². The molecule has 0 aliphatic carbocycles. The molecule has 3 N–H and O–H groups in total. The van der Waals surface area contributed by atoms with Crippen LogP contribution in [0.3, 0.4) is 0 Å². The van der Waals surface area contributed by atoms with Crippen LogP contribution in [0.5, 0.6) is 0 Å². The van der Waals surface area contributed by atoms with Gasteiger partial charge in [0.2, 0.25) is 0 Å². The lowest BCUT2D eigenvalue weighted by Gasteiger charge is -2.23. The molecular formula is C8H22I4N4O. The lowest BCUT2D eigenvalue weighted by molar-refractivity contribution is -0.872. The van der Waals surface area contributed by atoms with Crippen molar-refractivity contribution in [1.82, 2.24) is 5.32 Å². The van der Waals surface area contributed by atoms with Gasteiger partial charge in [0.1, 0.15) is 0 Å². The molecular weight excluding hydrogens is 676 g/mol. The number of nitrogens with two attached hydrogens (primary N) is 1. The molecule has 0 aliphatic rings. The van der Waals surface area contributed by atoms with E-state index in [1.54, 1.807) is 0 Å². The quantitative estimate of drug-likeness (QED) is 0.147. The summed E-state index contributed by atoms with van der Waals surface area (Å²) in [5.74, 6) is -0.165. The monoisotopic (exact) mass is 698 g/mol. The summed E-state index contributed by atoms with van der Waals surface area (Å²) in [5.41, 5.74) is 5.21. The van der Waals surface area contributed by atoms with E-state index < -0.39 is 0 Å². The largest absolute Gasteiger partial charge is 1.00 e. The van der Waals surface area contributed by atoms with Crippen molar-refractivity contribution in [2.45, 2.75) is 0 Å². The molecule has 0 rings (SSSR count). The molecule has 0 spiro atoms. The highest BCUT2D eigenvalue weighted by Crippen LogP contribution is 1.83. The first-order chi connectivity index (χ1) is 5.95. The van der Waals surface area contributed by atoms with Crippen LogP contribution in [0.4, 0.5) is 0 Å². The summed E-state index contributed by atoms with van der Waals surface area (Å²) in [7, 11) is 5.99. The third-order valence-corrected chi connectivity index (χ3v) is 1.19. The number of nitrogens with zero attached hydrogens (tertiary/aromatic N) is 2. The number of nitrogens with one attached hydrogen (secondary N) is 1. The van der Waals surface area contributed by atoms with E-state index in [4.69, 9.17) is 5.73 Å². The molecule has 0 aromatic heterocycles. The summed E-state index contributed by atoms with van der Waals surface area (Å²) in [6, 6.07) is 0. The number of carbonyl (C=O) groups is 1. The number of hydrogen-bond acceptors (Lipinski definition) is 3. The van der Waals surface area contributed by atoms with Crippen LogP contribution in [-0.2, 0) is 4.79 Å². The van der Waals surface area contributed by atoms with Crippen LogP contribution >= 0.6 is 71.9 Å². The molecule has 5 nitrogen and oxygen atoms in total. The number of rotatable bonds is 5. The second kappa shape index (κ2) is 18.0. The zero-order valence-electron chi connectivity index (χ0n) is 10.2. The predicted octanol–water partition coefficient (Wildman–Crippen LogP) is -2.35. The van der Waals surface area contributed by atoms with Crippen LogP contribution in [0.1, 0.15) is 0 Å². The Kier molecular flexibility index (Phi) is 33.2. The SMILES string of the molecule is C[N+](C)(C)CNC(=O)/C=N/CCN.I.I.I.[I-]. The first-order valence-electron chi connectivity index (χ1n) is 4.24. The summed E-state index contributed by atoms with van der Waals surface area (Å²) in [5, 5.41) is 2.72. The minimum atomic E-state index is -0.165. The fourth-order valence-electron chi connectivity index (χ4n) is 0.583. The summed E-state index contributed by atoms with van der Waals surface area (Å²) < 4.78 is 0.691. The van der Waals surface area contributed by atoms with E-state index in [1.807, 2.05) is 21.1 Å². The Morgan fingerprint density at radius 2 is 1.76 bits per heavy atom. The average Bonchev–Trinajstić information content (AvgIpc) is 2.00. The van der Waals surface area contributed by atoms with Crippen molar-refractivity contribution in [3.63, 3.8) is 0 Å². The van der Waals surface area contributed by atoms with Crippen LogP contribution in [-0.4, -0.2) is 57.5 Å². The second-order valence-corrected chi connectivity index (χ2v) is 3.81. The smallest absolute Gasteiger partial charge is 0.266 e. The predicted molar refractivity (Wildman–Crippen MR) is 99.7 cm³/mol. The van der Waals surface area contributed by atoms with Crippen LogP contribution in [0.2, 0.25) is 0 Å². The lowest BCUT2D eigenvalue weighted by Crippen LogP contribution is -3.00. The van der Waals surface area contributed by atoms with Crippen molar-refractivity contribution < 1.29 is 33.3 Å². The van der Waals surface area contributed by atoms with Crippen LogP contribution in [0.15, 0.2) is 4.99 Å². The first kappa shape index (κ1) is 31.4. The topological polar surface area (TPSA) is 67.5 Å². The molecule has 17 heavy (non-hydrogen) atoms. The molecule has 0 saturated heterocycles. The maximum Gasteiger partial charge on any atom is 0.266 e. The highest BCUT2D eigenvalue weighted by Gasteiger charge is 2.06. The third-order valence-electron chi connectivity index (χ3n) is 1.19. The molecule has 1 amide bonds. The van der Waals surface area contributed by atoms with Gasteiger partial charge >= 0.3 is 0 Å². The number of hydrogen-bond donors (Lipinski definition) is 2. The summed E-state index contributed by atoms with van der Waals surface area (Å²) in [6.07, 6.45) is 1.28. The highest BCUT2D eigenvalue weighted by atomic mass is 127. The highest BCUT2D eigenvalue weighted by molar-refractivity contribution is 14.0. The van der Waals surface area contributed by atoms with Gasteiger partial charge in [0.15, 0.2) is 6.67 Å². The Morgan fingerprint density at radius 1 is 1.29 bits per heavy atom. The average molecular weight is 698 g/mol. The van der Waals surface area contributed by atoms with Crippen LogP contribution < -0.4 is 35.0 Å². The zero-order valence-corrected chi connectivity index (χ0v) is 19.3. The fourth-order valence-corrected chi connectivity index (χ4v) is 0.583. The molecule has 0 saturated carbocycles. The summed E-state index contributed by atoms with van der Waals surface area (Å²) in [6.45, 7) is 1.56. The minimum Gasteiger partial charge on any atom is -1.00 e. The first-order valence-corrected chi connectivity index (χ1v) is 4.24. The Bertz CT molecular complexity index is 196. The standard InChI is InChI=1S/C8H18N4O.4HI/c1-12(2,3)7-11-8(13)6-10-5-4-9;;;;/h6H,4-5,7,9H2,1-3H3;4*1H/b10-6+;;;;. The van der Waals surface area contributed by atoms with Crippen molar-refractivity contribution in [2.24, 2.45) is 10.7 Å². The van der Waals surface area contributed by atoms with Gasteiger partial charge in [-0.25, -0.2) is 0 Å². The molecule has 0 aromatic rings. The van der Waals surface area contributed by atoms with Gasteiger partial charge in [-0.1, -0.05) is 0 Å². The van der Waals surface area contributed by atoms with Gasteiger partial charge < -0.3 is 39.5 Å². The van der Waals surface area contributed by atoms with E-state index in [1.165, 1.54) is 6.21 Å². The maximum absolute atomic E-state index is 11.1. The van der Waals surface area contributed by atoms with E-state index in [-0.39, 0.29) is 102 Å². The molecule has 0 atom stereocenters. The van der Waals surface area contributed by atoms with E-state index in [0.717, 1.165) is 0 Å². The van der Waals surface area contributed by atoms with Gasteiger partial charge in [0.25, 0.3) is 5.91 Å². The van der Waals surface area contributed by atoms with Crippen LogP contribution in [0.25, 0.3) is 0 Å². The van der Waals surface area contributed by atoms with Crippen molar-refractivity contribution in [3.8, 4) is 0 Å². The Morgan fingerprint density at radius 3 is 2.12 bits per heavy atom. The second-order valence-electron chi connectivity index (χ2n) is 3.81. The molecule has 0 unspecified atom stereocenters. The fraction of sp³-hybridized carbons (Fsp3) is 0.750. The summed E-state index contributed by atoms with van der Waals surface area (Å²) in [4.78, 5) is 14.9. The molecule has 9 heteroatoms. The molecule has 0 bridgehead atoms. The van der Waals surface area contributed by atoms with E-state index in [2.05, 4.69) is 10.3 Å². The molecule has 0 fully saturated rings. The number of halogens is 4. The maximum atomic E-state index is 11.1. The lowest BCUT2D eigenvalue weighted by atomic mass is 10.6.